The Bertz CT molecular complexity index is 425. The summed E-state index contributed by atoms with van der Waals surface area (Å²) in [6, 6.07) is 2.91. The largest absolute Gasteiger partial charge is 0.384 e. The molecule has 4 heteroatoms. The number of hydrogen-bond acceptors (Lipinski definition) is 4. The van der Waals surface area contributed by atoms with E-state index in [1.807, 2.05) is 12.4 Å². The maximum absolute atomic E-state index is 5.28. The van der Waals surface area contributed by atoms with E-state index in [4.69, 9.17) is 4.74 Å². The highest BCUT2D eigenvalue weighted by molar-refractivity contribution is 5.52. The van der Waals surface area contributed by atoms with Gasteiger partial charge in [0.25, 0.3) is 0 Å². The zero-order valence-corrected chi connectivity index (χ0v) is 12.3. The Morgan fingerprint density at radius 2 is 2.10 bits per heavy atom. The summed E-state index contributed by atoms with van der Waals surface area (Å²) in [5.41, 5.74) is 2.70. The highest BCUT2D eigenvalue weighted by Crippen LogP contribution is 2.27. The van der Waals surface area contributed by atoms with Gasteiger partial charge in [-0.15, -0.1) is 0 Å². The van der Waals surface area contributed by atoms with Crippen LogP contribution >= 0.6 is 0 Å². The summed E-state index contributed by atoms with van der Waals surface area (Å²) in [6.07, 6.45) is 9.05. The zero-order chi connectivity index (χ0) is 13.8. The summed E-state index contributed by atoms with van der Waals surface area (Å²) in [6.45, 7) is 4.12. The Kier molecular flexibility index (Phi) is 4.53. The molecule has 1 aliphatic carbocycles. The molecule has 1 aliphatic heterocycles. The molecule has 20 heavy (non-hydrogen) atoms. The van der Waals surface area contributed by atoms with E-state index in [-0.39, 0.29) is 0 Å². The summed E-state index contributed by atoms with van der Waals surface area (Å²) in [4.78, 5) is 6.81. The van der Waals surface area contributed by atoms with Gasteiger partial charge >= 0.3 is 0 Å². The number of methoxy groups -OCH3 is 1. The van der Waals surface area contributed by atoms with Gasteiger partial charge in [-0.25, -0.2) is 0 Å². The first-order valence-electron chi connectivity index (χ1n) is 7.77. The van der Waals surface area contributed by atoms with Crippen molar-refractivity contribution in [2.24, 2.45) is 5.92 Å². The van der Waals surface area contributed by atoms with E-state index >= 15 is 0 Å². The lowest BCUT2D eigenvalue weighted by Gasteiger charge is -2.34. The summed E-state index contributed by atoms with van der Waals surface area (Å²) < 4.78 is 5.28. The Hall–Kier alpha value is -1.13. The highest BCUT2D eigenvalue weighted by atomic mass is 16.5. The highest BCUT2D eigenvalue weighted by Gasteiger charge is 2.23. The van der Waals surface area contributed by atoms with Crippen LogP contribution in [-0.4, -0.2) is 37.8 Å². The molecule has 1 saturated carbocycles. The quantitative estimate of drug-likeness (QED) is 0.863. The van der Waals surface area contributed by atoms with Crippen LogP contribution in [0, 0.1) is 5.92 Å². The van der Waals surface area contributed by atoms with Gasteiger partial charge in [-0.3, -0.25) is 4.98 Å². The van der Waals surface area contributed by atoms with Gasteiger partial charge in [0.1, 0.15) is 0 Å². The first kappa shape index (κ1) is 13.8. The van der Waals surface area contributed by atoms with Crippen molar-refractivity contribution in [1.82, 2.24) is 10.3 Å². The molecule has 0 radical (unpaired) electrons. The van der Waals surface area contributed by atoms with Crippen LogP contribution in [0.25, 0.3) is 0 Å². The van der Waals surface area contributed by atoms with Gasteiger partial charge in [-0.05, 0) is 37.7 Å². The average Bonchev–Trinajstić information content (AvgIpc) is 3.31. The van der Waals surface area contributed by atoms with Crippen LogP contribution < -0.4 is 10.2 Å². The zero-order valence-electron chi connectivity index (χ0n) is 12.3. The SMILES string of the molecule is COCC1CCN(c2ccncc2CNC2CC2)CC1. The van der Waals surface area contributed by atoms with Crippen molar-refractivity contribution >= 4 is 5.69 Å². The number of rotatable bonds is 6. The number of piperidine rings is 1. The van der Waals surface area contributed by atoms with Gasteiger partial charge in [-0.1, -0.05) is 0 Å². The number of anilines is 1. The molecule has 0 spiro atoms. The predicted octanol–water partition coefficient (Wildman–Crippen LogP) is 2.20. The molecular weight excluding hydrogens is 250 g/mol. The number of ether oxygens (including phenoxy) is 1. The van der Waals surface area contributed by atoms with Crippen molar-refractivity contribution in [2.45, 2.75) is 38.3 Å². The molecule has 0 aromatic carbocycles. The molecule has 1 aromatic heterocycles. The second kappa shape index (κ2) is 6.55. The van der Waals surface area contributed by atoms with Gasteiger partial charge in [0.05, 0.1) is 0 Å². The van der Waals surface area contributed by atoms with Crippen LogP contribution in [0.15, 0.2) is 18.5 Å². The lowest BCUT2D eigenvalue weighted by Crippen LogP contribution is -2.36. The second-order valence-corrected chi connectivity index (χ2v) is 6.05. The maximum atomic E-state index is 5.28. The minimum Gasteiger partial charge on any atom is -0.384 e. The molecule has 110 valence electrons. The third-order valence-corrected chi connectivity index (χ3v) is 4.39. The van der Waals surface area contributed by atoms with Crippen molar-refractivity contribution in [3.8, 4) is 0 Å². The van der Waals surface area contributed by atoms with Crippen LogP contribution in [0.1, 0.15) is 31.2 Å². The van der Waals surface area contributed by atoms with Gasteiger partial charge in [0.2, 0.25) is 0 Å². The van der Waals surface area contributed by atoms with Gasteiger partial charge in [0, 0.05) is 63.0 Å². The molecule has 2 aliphatic rings. The van der Waals surface area contributed by atoms with E-state index in [0.29, 0.717) is 0 Å². The number of hydrogen-bond donors (Lipinski definition) is 1. The van der Waals surface area contributed by atoms with Crippen molar-refractivity contribution in [3.05, 3.63) is 24.0 Å². The number of aromatic nitrogens is 1. The van der Waals surface area contributed by atoms with Crippen LogP contribution in [0.3, 0.4) is 0 Å². The van der Waals surface area contributed by atoms with Gasteiger partial charge in [0.15, 0.2) is 0 Å². The number of nitrogens with one attached hydrogen (secondary N) is 1. The number of pyridine rings is 1. The third-order valence-electron chi connectivity index (χ3n) is 4.39. The van der Waals surface area contributed by atoms with Crippen molar-refractivity contribution in [2.75, 3.05) is 31.7 Å². The summed E-state index contributed by atoms with van der Waals surface area (Å²) in [5, 5.41) is 3.59. The third kappa shape index (κ3) is 3.49. The van der Waals surface area contributed by atoms with Crippen LogP contribution in [0.4, 0.5) is 5.69 Å². The smallest absolute Gasteiger partial charge is 0.0491 e. The van der Waals surface area contributed by atoms with Gasteiger partial charge in [-0.2, -0.15) is 0 Å². The molecule has 0 bridgehead atoms. The van der Waals surface area contributed by atoms with Crippen LogP contribution in [-0.2, 0) is 11.3 Å². The molecule has 0 atom stereocenters. The summed E-state index contributed by atoms with van der Waals surface area (Å²) in [5.74, 6) is 0.728. The van der Waals surface area contributed by atoms with Gasteiger partial charge < -0.3 is 15.0 Å². The summed E-state index contributed by atoms with van der Waals surface area (Å²) in [7, 11) is 1.80. The minimum atomic E-state index is 0.728. The molecular formula is C16H25N3O. The Morgan fingerprint density at radius 1 is 1.30 bits per heavy atom. The van der Waals surface area contributed by atoms with E-state index in [1.54, 1.807) is 7.11 Å². The fraction of sp³-hybridized carbons (Fsp3) is 0.688. The minimum absolute atomic E-state index is 0.728. The number of nitrogens with zero attached hydrogens (tertiary/aromatic N) is 2. The predicted molar refractivity (Wildman–Crippen MR) is 80.9 cm³/mol. The van der Waals surface area contributed by atoms with E-state index in [1.165, 1.54) is 36.9 Å². The molecule has 1 N–H and O–H groups in total. The first-order chi connectivity index (χ1) is 9.86. The topological polar surface area (TPSA) is 37.4 Å². The monoisotopic (exact) mass is 275 g/mol. The molecule has 2 heterocycles. The molecule has 2 fully saturated rings. The fourth-order valence-corrected chi connectivity index (χ4v) is 2.98. The van der Waals surface area contributed by atoms with E-state index in [0.717, 1.165) is 38.2 Å². The fourth-order valence-electron chi connectivity index (χ4n) is 2.98. The molecule has 3 rings (SSSR count). The van der Waals surface area contributed by atoms with E-state index < -0.39 is 0 Å². The molecule has 1 aromatic rings. The summed E-state index contributed by atoms with van der Waals surface area (Å²) >= 11 is 0. The first-order valence-corrected chi connectivity index (χ1v) is 7.77. The molecule has 1 saturated heterocycles. The standard InChI is InChI=1S/C16H25N3O/c1-20-12-13-5-8-19(9-6-13)16-4-7-17-10-14(16)11-18-15-2-3-15/h4,7,10,13,15,18H,2-3,5-6,8-9,11-12H2,1H3. The molecule has 0 amide bonds. The lowest BCUT2D eigenvalue weighted by atomic mass is 9.97. The maximum Gasteiger partial charge on any atom is 0.0491 e. The molecule has 0 unspecified atom stereocenters. The van der Waals surface area contributed by atoms with E-state index in [9.17, 15) is 0 Å². The van der Waals surface area contributed by atoms with Crippen molar-refractivity contribution in [3.63, 3.8) is 0 Å². The lowest BCUT2D eigenvalue weighted by molar-refractivity contribution is 0.139. The Labute approximate surface area is 121 Å². The second-order valence-electron chi connectivity index (χ2n) is 6.05. The average molecular weight is 275 g/mol. The van der Waals surface area contributed by atoms with Crippen LogP contribution in [0.2, 0.25) is 0 Å². The molecule has 4 nitrogen and oxygen atoms in total. The van der Waals surface area contributed by atoms with Crippen molar-refractivity contribution in [1.29, 1.82) is 0 Å². The van der Waals surface area contributed by atoms with E-state index in [2.05, 4.69) is 21.3 Å². The Morgan fingerprint density at radius 3 is 2.80 bits per heavy atom. The Balaban J connectivity index is 1.61. The van der Waals surface area contributed by atoms with Crippen LogP contribution in [0.5, 0.6) is 0 Å². The van der Waals surface area contributed by atoms with Crippen molar-refractivity contribution < 1.29 is 4.74 Å². The normalized spacial score (nSPS) is 20.4.